The van der Waals surface area contributed by atoms with Gasteiger partial charge in [-0.25, -0.2) is 5.48 Å². The minimum absolute atomic E-state index is 0.0125. The predicted molar refractivity (Wildman–Crippen MR) is 90.1 cm³/mol. The first kappa shape index (κ1) is 19.1. The predicted octanol–water partition coefficient (Wildman–Crippen LogP) is 2.53. The molecule has 0 aliphatic heterocycles. The van der Waals surface area contributed by atoms with Crippen LogP contribution >= 0.6 is 0 Å². The Balaban J connectivity index is 2.17. The van der Waals surface area contributed by atoms with Crippen LogP contribution in [0.25, 0.3) is 0 Å². The van der Waals surface area contributed by atoms with Gasteiger partial charge in [0.05, 0.1) is 0 Å². The van der Waals surface area contributed by atoms with Crippen molar-refractivity contribution in [1.82, 2.24) is 10.4 Å². The van der Waals surface area contributed by atoms with Gasteiger partial charge in [0.1, 0.15) is 0 Å². The lowest BCUT2D eigenvalue weighted by molar-refractivity contribution is -0.129. The van der Waals surface area contributed by atoms with E-state index in [0.717, 1.165) is 37.9 Å². The van der Waals surface area contributed by atoms with Crippen molar-refractivity contribution < 1.29 is 14.8 Å². The zero-order valence-corrected chi connectivity index (χ0v) is 14.0. The average molecular weight is 321 g/mol. The molecule has 128 valence electrons. The van der Waals surface area contributed by atoms with E-state index in [1.54, 1.807) is 5.48 Å². The number of benzene rings is 1. The number of unbranched alkanes of at least 4 members (excludes halogenated alkanes) is 3. The first-order valence-corrected chi connectivity index (χ1v) is 7.97. The van der Waals surface area contributed by atoms with Crippen molar-refractivity contribution in [2.45, 2.75) is 45.1 Å². The third-order valence-corrected chi connectivity index (χ3v) is 3.42. The van der Waals surface area contributed by atoms with Crippen LogP contribution in [0, 0.1) is 0 Å². The SMILES string of the molecule is CN(C)Cc1ccc(NC(=O)CCCCCCC(=O)NO)cc1. The molecule has 0 bridgehead atoms. The van der Waals surface area contributed by atoms with E-state index in [1.165, 1.54) is 5.56 Å². The summed E-state index contributed by atoms with van der Waals surface area (Å²) >= 11 is 0. The summed E-state index contributed by atoms with van der Waals surface area (Å²) in [6.45, 7) is 0.878. The second kappa shape index (κ2) is 10.7. The van der Waals surface area contributed by atoms with Gasteiger partial charge in [0.25, 0.3) is 0 Å². The van der Waals surface area contributed by atoms with Gasteiger partial charge in [-0.15, -0.1) is 0 Å². The highest BCUT2D eigenvalue weighted by Crippen LogP contribution is 2.12. The zero-order chi connectivity index (χ0) is 17.1. The van der Waals surface area contributed by atoms with Crippen LogP contribution in [0.4, 0.5) is 5.69 Å². The molecule has 1 aromatic rings. The summed E-state index contributed by atoms with van der Waals surface area (Å²) in [5, 5.41) is 11.2. The van der Waals surface area contributed by atoms with Crippen molar-refractivity contribution in [1.29, 1.82) is 0 Å². The van der Waals surface area contributed by atoms with E-state index in [2.05, 4.69) is 10.2 Å². The molecule has 0 saturated heterocycles. The summed E-state index contributed by atoms with van der Waals surface area (Å²) < 4.78 is 0. The molecule has 2 amide bonds. The highest BCUT2D eigenvalue weighted by Gasteiger charge is 2.04. The number of carbonyl (C=O) groups is 2. The van der Waals surface area contributed by atoms with Crippen molar-refractivity contribution in [2.75, 3.05) is 19.4 Å². The third kappa shape index (κ3) is 8.95. The number of nitrogens with one attached hydrogen (secondary N) is 2. The molecule has 0 fully saturated rings. The quantitative estimate of drug-likeness (QED) is 0.351. The number of nitrogens with zero attached hydrogens (tertiary/aromatic N) is 1. The van der Waals surface area contributed by atoms with Crippen molar-refractivity contribution in [3.05, 3.63) is 29.8 Å². The highest BCUT2D eigenvalue weighted by atomic mass is 16.5. The Labute approximate surface area is 137 Å². The minimum atomic E-state index is -0.361. The maximum Gasteiger partial charge on any atom is 0.243 e. The standard InChI is InChI=1S/C17H27N3O3/c1-20(2)13-14-9-11-15(12-10-14)18-16(21)7-5-3-4-6-8-17(22)19-23/h9-12,23H,3-8,13H2,1-2H3,(H,18,21)(H,19,22). The second-order valence-corrected chi connectivity index (χ2v) is 5.93. The Morgan fingerprint density at radius 1 is 0.957 bits per heavy atom. The van der Waals surface area contributed by atoms with Gasteiger partial charge in [-0.3, -0.25) is 14.8 Å². The summed E-state index contributed by atoms with van der Waals surface area (Å²) in [7, 11) is 4.04. The molecular weight excluding hydrogens is 294 g/mol. The molecule has 1 aromatic carbocycles. The Hall–Kier alpha value is -1.92. The molecule has 0 saturated carbocycles. The fraction of sp³-hybridized carbons (Fsp3) is 0.529. The van der Waals surface area contributed by atoms with E-state index in [4.69, 9.17) is 5.21 Å². The van der Waals surface area contributed by atoms with Crippen LogP contribution in [-0.4, -0.2) is 36.0 Å². The van der Waals surface area contributed by atoms with E-state index in [9.17, 15) is 9.59 Å². The van der Waals surface area contributed by atoms with Crippen LogP contribution in [0.5, 0.6) is 0 Å². The lowest BCUT2D eigenvalue weighted by atomic mass is 10.1. The molecule has 0 aliphatic carbocycles. The summed E-state index contributed by atoms with van der Waals surface area (Å²) in [5.74, 6) is -0.348. The first-order chi connectivity index (χ1) is 11.0. The van der Waals surface area contributed by atoms with E-state index >= 15 is 0 Å². The van der Waals surface area contributed by atoms with Gasteiger partial charge in [-0.1, -0.05) is 25.0 Å². The monoisotopic (exact) mass is 321 g/mol. The van der Waals surface area contributed by atoms with Crippen LogP contribution in [0.1, 0.15) is 44.1 Å². The number of carbonyl (C=O) groups excluding carboxylic acids is 2. The Morgan fingerprint density at radius 3 is 2.04 bits per heavy atom. The fourth-order valence-corrected chi connectivity index (χ4v) is 2.26. The molecule has 0 radical (unpaired) electrons. The van der Waals surface area contributed by atoms with Gasteiger partial charge < -0.3 is 10.2 Å². The van der Waals surface area contributed by atoms with Gasteiger partial charge in [0.2, 0.25) is 11.8 Å². The number of hydrogen-bond donors (Lipinski definition) is 3. The van der Waals surface area contributed by atoms with Crippen molar-refractivity contribution in [3.63, 3.8) is 0 Å². The largest absolute Gasteiger partial charge is 0.326 e. The molecule has 0 unspecified atom stereocenters. The fourth-order valence-electron chi connectivity index (χ4n) is 2.26. The minimum Gasteiger partial charge on any atom is -0.326 e. The molecule has 6 nitrogen and oxygen atoms in total. The summed E-state index contributed by atoms with van der Waals surface area (Å²) in [6.07, 6.45) is 4.09. The van der Waals surface area contributed by atoms with E-state index in [0.29, 0.717) is 12.8 Å². The van der Waals surface area contributed by atoms with Crippen molar-refractivity contribution in [3.8, 4) is 0 Å². The van der Waals surface area contributed by atoms with Crippen LogP contribution < -0.4 is 10.8 Å². The second-order valence-electron chi connectivity index (χ2n) is 5.93. The van der Waals surface area contributed by atoms with Gasteiger partial charge in [0.15, 0.2) is 0 Å². The number of rotatable bonds is 10. The zero-order valence-electron chi connectivity index (χ0n) is 14.0. The normalized spacial score (nSPS) is 10.6. The Kier molecular flexibility index (Phi) is 8.94. The molecule has 0 aliphatic rings. The topological polar surface area (TPSA) is 81.7 Å². The van der Waals surface area contributed by atoms with Crippen LogP contribution in [0.3, 0.4) is 0 Å². The number of anilines is 1. The molecule has 23 heavy (non-hydrogen) atoms. The van der Waals surface area contributed by atoms with Gasteiger partial charge in [-0.05, 0) is 44.6 Å². The molecule has 3 N–H and O–H groups in total. The van der Waals surface area contributed by atoms with Gasteiger partial charge in [-0.2, -0.15) is 0 Å². The summed E-state index contributed by atoms with van der Waals surface area (Å²) in [6, 6.07) is 7.87. The van der Waals surface area contributed by atoms with E-state index in [-0.39, 0.29) is 11.8 Å². The molecule has 0 spiro atoms. The maximum atomic E-state index is 11.8. The number of hydroxylamine groups is 1. The first-order valence-electron chi connectivity index (χ1n) is 7.97. The highest BCUT2D eigenvalue weighted by molar-refractivity contribution is 5.90. The summed E-state index contributed by atoms with van der Waals surface area (Å²) in [4.78, 5) is 24.8. The van der Waals surface area contributed by atoms with Crippen molar-refractivity contribution in [2.24, 2.45) is 0 Å². The average Bonchev–Trinajstić information content (AvgIpc) is 2.51. The van der Waals surface area contributed by atoms with Crippen molar-refractivity contribution >= 4 is 17.5 Å². The lowest BCUT2D eigenvalue weighted by Gasteiger charge is -2.10. The summed E-state index contributed by atoms with van der Waals surface area (Å²) in [5.41, 5.74) is 3.63. The molecule has 0 atom stereocenters. The smallest absolute Gasteiger partial charge is 0.243 e. The third-order valence-electron chi connectivity index (χ3n) is 3.42. The Bertz CT molecular complexity index is 486. The molecular formula is C17H27N3O3. The molecule has 0 heterocycles. The van der Waals surface area contributed by atoms with Crippen LogP contribution in [0.15, 0.2) is 24.3 Å². The van der Waals surface area contributed by atoms with E-state index < -0.39 is 0 Å². The molecule has 6 heteroatoms. The van der Waals surface area contributed by atoms with E-state index in [1.807, 2.05) is 38.4 Å². The van der Waals surface area contributed by atoms with Crippen LogP contribution in [0.2, 0.25) is 0 Å². The number of amides is 2. The lowest BCUT2D eigenvalue weighted by Crippen LogP contribution is -2.17. The molecule has 1 rings (SSSR count). The Morgan fingerprint density at radius 2 is 1.52 bits per heavy atom. The maximum absolute atomic E-state index is 11.8. The van der Waals surface area contributed by atoms with Gasteiger partial charge in [0, 0.05) is 25.1 Å². The van der Waals surface area contributed by atoms with Gasteiger partial charge >= 0.3 is 0 Å². The molecule has 0 aromatic heterocycles. The number of hydrogen-bond acceptors (Lipinski definition) is 4. The van der Waals surface area contributed by atoms with Crippen LogP contribution in [-0.2, 0) is 16.1 Å².